The Balaban J connectivity index is 1.90. The van der Waals surface area contributed by atoms with E-state index in [0.29, 0.717) is 18.2 Å². The second-order valence-electron chi connectivity index (χ2n) is 6.09. The number of rotatable bonds is 12. The van der Waals surface area contributed by atoms with Crippen LogP contribution < -0.4 is 14.8 Å². The lowest BCUT2D eigenvalue weighted by atomic mass is 10.2. The molecule has 0 aliphatic rings. The van der Waals surface area contributed by atoms with Crippen LogP contribution in [0.15, 0.2) is 42.5 Å². The van der Waals surface area contributed by atoms with Gasteiger partial charge in [0.1, 0.15) is 6.61 Å². The van der Waals surface area contributed by atoms with Crippen molar-refractivity contribution >= 4 is 11.6 Å². The zero-order chi connectivity index (χ0) is 18.6. The van der Waals surface area contributed by atoms with Gasteiger partial charge in [-0.25, -0.2) is 0 Å². The van der Waals surface area contributed by atoms with Gasteiger partial charge in [-0.15, -0.1) is 0 Å². The fourth-order valence-electron chi connectivity index (χ4n) is 2.61. The predicted molar refractivity (Wildman–Crippen MR) is 106 cm³/mol. The predicted octanol–water partition coefficient (Wildman–Crippen LogP) is 4.57. The van der Waals surface area contributed by atoms with E-state index in [1.807, 2.05) is 43.3 Å². The van der Waals surface area contributed by atoms with E-state index in [2.05, 4.69) is 11.4 Å². The average molecular weight is 378 g/mol. The molecule has 0 amide bonds. The highest BCUT2D eigenvalue weighted by Gasteiger charge is 2.07. The quantitative estimate of drug-likeness (QED) is 0.532. The minimum absolute atomic E-state index is 0.272. The second kappa shape index (κ2) is 11.8. The van der Waals surface area contributed by atoms with Crippen molar-refractivity contribution in [3.8, 4) is 11.5 Å². The van der Waals surface area contributed by atoms with E-state index in [-0.39, 0.29) is 6.61 Å². The molecule has 0 spiro atoms. The Morgan fingerprint density at radius 3 is 2.62 bits per heavy atom. The van der Waals surface area contributed by atoms with Crippen molar-refractivity contribution in [1.82, 2.24) is 5.32 Å². The Labute approximate surface area is 161 Å². The second-order valence-corrected chi connectivity index (χ2v) is 6.53. The first-order chi connectivity index (χ1) is 12.7. The van der Waals surface area contributed by atoms with Crippen molar-refractivity contribution in [2.75, 3.05) is 19.8 Å². The van der Waals surface area contributed by atoms with E-state index < -0.39 is 0 Å². The first-order valence-electron chi connectivity index (χ1n) is 9.17. The lowest BCUT2D eigenvalue weighted by Crippen LogP contribution is -2.15. The van der Waals surface area contributed by atoms with Crippen LogP contribution in [0.5, 0.6) is 11.5 Å². The van der Waals surface area contributed by atoms with Gasteiger partial charge >= 0.3 is 0 Å². The highest BCUT2D eigenvalue weighted by atomic mass is 35.5. The van der Waals surface area contributed by atoms with E-state index in [9.17, 15) is 0 Å². The number of halogens is 1. The zero-order valence-corrected chi connectivity index (χ0v) is 16.1. The third-order valence-corrected chi connectivity index (χ3v) is 4.17. The molecule has 0 radical (unpaired) electrons. The molecule has 0 heterocycles. The van der Waals surface area contributed by atoms with Crippen molar-refractivity contribution in [2.45, 2.75) is 39.3 Å². The number of unbranched alkanes of at least 4 members (excludes halogenated alkanes) is 2. The van der Waals surface area contributed by atoms with Gasteiger partial charge in [0, 0.05) is 18.2 Å². The third-order valence-electron chi connectivity index (χ3n) is 3.93. The van der Waals surface area contributed by atoms with Gasteiger partial charge in [-0.05, 0) is 68.1 Å². The molecule has 2 rings (SSSR count). The van der Waals surface area contributed by atoms with Crippen LogP contribution in [0.3, 0.4) is 0 Å². The minimum atomic E-state index is 0.272. The largest absolute Gasteiger partial charge is 0.490 e. The first kappa shape index (κ1) is 20.6. The van der Waals surface area contributed by atoms with Crippen molar-refractivity contribution < 1.29 is 14.6 Å². The molecule has 5 heteroatoms. The first-order valence-corrected chi connectivity index (χ1v) is 9.55. The lowest BCUT2D eigenvalue weighted by molar-refractivity contribution is 0.269. The molecule has 0 aliphatic carbocycles. The number of hydrogen-bond acceptors (Lipinski definition) is 4. The number of nitrogens with one attached hydrogen (secondary N) is 1. The standard InChI is InChI=1S/C21H28ClNO3/c1-2-25-21-14-17(15-23-11-4-3-5-12-24)9-10-20(21)26-16-18-7-6-8-19(22)13-18/h6-10,13-14,23-24H,2-5,11-12,15-16H2,1H3. The summed E-state index contributed by atoms with van der Waals surface area (Å²) in [5.41, 5.74) is 2.18. The molecule has 0 unspecified atom stereocenters. The normalized spacial score (nSPS) is 10.7. The Kier molecular flexibility index (Phi) is 9.32. The van der Waals surface area contributed by atoms with Gasteiger partial charge in [-0.1, -0.05) is 29.8 Å². The van der Waals surface area contributed by atoms with Gasteiger partial charge < -0.3 is 19.9 Å². The zero-order valence-electron chi connectivity index (χ0n) is 15.3. The third kappa shape index (κ3) is 7.24. The highest BCUT2D eigenvalue weighted by Crippen LogP contribution is 2.29. The molecule has 0 atom stereocenters. The van der Waals surface area contributed by atoms with Gasteiger partial charge in [-0.3, -0.25) is 0 Å². The lowest BCUT2D eigenvalue weighted by Gasteiger charge is -2.14. The van der Waals surface area contributed by atoms with E-state index >= 15 is 0 Å². The fourth-order valence-corrected chi connectivity index (χ4v) is 2.82. The highest BCUT2D eigenvalue weighted by molar-refractivity contribution is 6.30. The van der Waals surface area contributed by atoms with Gasteiger partial charge in [-0.2, -0.15) is 0 Å². The molecule has 0 fully saturated rings. The van der Waals surface area contributed by atoms with Crippen molar-refractivity contribution in [2.24, 2.45) is 0 Å². The van der Waals surface area contributed by atoms with Crippen LogP contribution in [-0.2, 0) is 13.2 Å². The van der Waals surface area contributed by atoms with Crippen LogP contribution >= 0.6 is 11.6 Å². The summed E-state index contributed by atoms with van der Waals surface area (Å²) in [7, 11) is 0. The maximum absolute atomic E-state index is 8.79. The van der Waals surface area contributed by atoms with Crippen LogP contribution in [0, 0.1) is 0 Å². The minimum Gasteiger partial charge on any atom is -0.490 e. The summed E-state index contributed by atoms with van der Waals surface area (Å²) in [4.78, 5) is 0. The average Bonchev–Trinajstić information content (AvgIpc) is 2.64. The van der Waals surface area contributed by atoms with Gasteiger partial charge in [0.25, 0.3) is 0 Å². The van der Waals surface area contributed by atoms with Gasteiger partial charge in [0.2, 0.25) is 0 Å². The number of benzene rings is 2. The summed E-state index contributed by atoms with van der Waals surface area (Å²) in [6.45, 7) is 5.00. The Hall–Kier alpha value is -1.75. The maximum atomic E-state index is 8.79. The molecular formula is C21H28ClNO3. The van der Waals surface area contributed by atoms with Crippen molar-refractivity contribution in [3.63, 3.8) is 0 Å². The SMILES string of the molecule is CCOc1cc(CNCCCCCO)ccc1OCc1cccc(Cl)c1. The summed E-state index contributed by atoms with van der Waals surface area (Å²) in [6.07, 6.45) is 2.98. The molecule has 0 aliphatic heterocycles. The Morgan fingerprint density at radius 1 is 0.962 bits per heavy atom. The molecule has 2 N–H and O–H groups in total. The van der Waals surface area contributed by atoms with Crippen molar-refractivity contribution in [3.05, 3.63) is 58.6 Å². The topological polar surface area (TPSA) is 50.7 Å². The molecule has 0 saturated heterocycles. The molecule has 0 bridgehead atoms. The van der Waals surface area contributed by atoms with E-state index in [4.69, 9.17) is 26.2 Å². The van der Waals surface area contributed by atoms with Crippen LogP contribution in [0.2, 0.25) is 5.02 Å². The summed E-state index contributed by atoms with van der Waals surface area (Å²) >= 11 is 6.02. The number of aliphatic hydroxyl groups excluding tert-OH is 1. The van der Waals surface area contributed by atoms with E-state index in [1.165, 1.54) is 0 Å². The van der Waals surface area contributed by atoms with Crippen LogP contribution in [0.25, 0.3) is 0 Å². The molecule has 0 saturated carbocycles. The number of aliphatic hydroxyl groups is 1. The molecule has 26 heavy (non-hydrogen) atoms. The molecule has 142 valence electrons. The molecule has 0 aromatic heterocycles. The summed E-state index contributed by atoms with van der Waals surface area (Å²) in [5.74, 6) is 1.49. The van der Waals surface area contributed by atoms with Gasteiger partial charge in [0.05, 0.1) is 6.61 Å². The Bertz CT molecular complexity index is 663. The molecule has 4 nitrogen and oxygen atoms in total. The summed E-state index contributed by atoms with van der Waals surface area (Å²) in [6, 6.07) is 13.7. The van der Waals surface area contributed by atoms with E-state index in [0.717, 1.165) is 55.0 Å². The van der Waals surface area contributed by atoms with E-state index in [1.54, 1.807) is 0 Å². The van der Waals surface area contributed by atoms with Crippen LogP contribution in [0.4, 0.5) is 0 Å². The number of hydrogen-bond donors (Lipinski definition) is 2. The molecule has 2 aromatic rings. The summed E-state index contributed by atoms with van der Waals surface area (Å²) in [5, 5.41) is 12.9. The summed E-state index contributed by atoms with van der Waals surface area (Å²) < 4.78 is 11.7. The Morgan fingerprint density at radius 2 is 1.85 bits per heavy atom. The van der Waals surface area contributed by atoms with Gasteiger partial charge in [0.15, 0.2) is 11.5 Å². The molecular weight excluding hydrogens is 350 g/mol. The van der Waals surface area contributed by atoms with Crippen LogP contribution in [-0.4, -0.2) is 24.9 Å². The fraction of sp³-hybridized carbons (Fsp3) is 0.429. The maximum Gasteiger partial charge on any atom is 0.161 e. The van der Waals surface area contributed by atoms with Crippen molar-refractivity contribution in [1.29, 1.82) is 0 Å². The van der Waals surface area contributed by atoms with Crippen LogP contribution in [0.1, 0.15) is 37.3 Å². The molecule has 2 aromatic carbocycles. The monoisotopic (exact) mass is 377 g/mol. The number of ether oxygens (including phenoxy) is 2. The smallest absolute Gasteiger partial charge is 0.161 e.